The van der Waals surface area contributed by atoms with E-state index in [1.165, 1.54) is 0 Å². The quantitative estimate of drug-likeness (QED) is 0.441. The number of aromatic nitrogens is 1. The molecule has 82 valence electrons. The van der Waals surface area contributed by atoms with Crippen LogP contribution in [-0.4, -0.2) is 11.0 Å². The van der Waals surface area contributed by atoms with E-state index in [1.54, 1.807) is 18.3 Å². The van der Waals surface area contributed by atoms with Gasteiger partial charge in [-0.15, -0.1) is 0 Å². The summed E-state index contributed by atoms with van der Waals surface area (Å²) in [5.41, 5.74) is 0. The molecule has 0 radical (unpaired) electrons. The molecule has 1 heterocycles. The predicted octanol–water partition coefficient (Wildman–Crippen LogP) is 3.22. The maximum absolute atomic E-state index is 11.3. The van der Waals surface area contributed by atoms with Gasteiger partial charge < -0.3 is 4.74 Å². The average Bonchev–Trinajstić information content (AvgIpc) is 2.22. The third-order valence-electron chi connectivity index (χ3n) is 1.93. The minimum Gasteiger partial charge on any atom is -0.423 e. The van der Waals surface area contributed by atoms with Crippen molar-refractivity contribution < 1.29 is 9.53 Å². The fourth-order valence-corrected chi connectivity index (χ4v) is 1.30. The Morgan fingerprint density at radius 1 is 1.53 bits per heavy atom. The highest BCUT2D eigenvalue weighted by molar-refractivity contribution is 6.30. The van der Waals surface area contributed by atoms with Crippen LogP contribution in [0.25, 0.3) is 0 Å². The minimum atomic E-state index is -0.252. The van der Waals surface area contributed by atoms with Crippen molar-refractivity contribution in [2.75, 3.05) is 0 Å². The molecule has 0 spiro atoms. The zero-order chi connectivity index (χ0) is 11.1. The topological polar surface area (TPSA) is 39.2 Å². The lowest BCUT2D eigenvalue weighted by Crippen LogP contribution is -2.08. The van der Waals surface area contributed by atoms with Gasteiger partial charge in [0.05, 0.1) is 0 Å². The molecule has 0 atom stereocenters. The summed E-state index contributed by atoms with van der Waals surface area (Å²) < 4.78 is 5.06. The second-order valence-corrected chi connectivity index (χ2v) is 3.58. The third-order valence-corrected chi connectivity index (χ3v) is 2.22. The Bertz CT molecular complexity index is 328. The van der Waals surface area contributed by atoms with Crippen molar-refractivity contribution in [3.8, 4) is 5.75 Å². The maximum atomic E-state index is 11.3. The Balaban J connectivity index is 2.41. The van der Waals surface area contributed by atoms with Crippen molar-refractivity contribution in [3.63, 3.8) is 0 Å². The molecule has 0 amide bonds. The van der Waals surface area contributed by atoms with Gasteiger partial charge in [-0.2, -0.15) is 0 Å². The fraction of sp³-hybridized carbons (Fsp3) is 0.455. The molecular weight excluding hydrogens is 214 g/mol. The lowest BCUT2D eigenvalue weighted by atomic mass is 10.2. The van der Waals surface area contributed by atoms with E-state index in [9.17, 15) is 4.79 Å². The molecule has 0 aliphatic rings. The Morgan fingerprint density at radius 2 is 2.33 bits per heavy atom. The first kappa shape index (κ1) is 12.0. The molecule has 0 N–H and O–H groups in total. The Morgan fingerprint density at radius 3 is 3.00 bits per heavy atom. The van der Waals surface area contributed by atoms with Crippen LogP contribution in [0.5, 0.6) is 5.75 Å². The van der Waals surface area contributed by atoms with E-state index in [0.717, 1.165) is 19.3 Å². The van der Waals surface area contributed by atoms with E-state index < -0.39 is 0 Å². The Labute approximate surface area is 94.4 Å². The summed E-state index contributed by atoms with van der Waals surface area (Å²) in [6.45, 7) is 2.09. The number of unbranched alkanes of at least 4 members (excludes halogenated alkanes) is 2. The highest BCUT2D eigenvalue weighted by Gasteiger charge is 2.07. The summed E-state index contributed by atoms with van der Waals surface area (Å²) in [6, 6.07) is 3.31. The van der Waals surface area contributed by atoms with Crippen molar-refractivity contribution in [2.24, 2.45) is 0 Å². The Kier molecular flexibility index (Phi) is 5.12. The number of carbonyl (C=O) groups excluding carboxylic acids is 1. The number of hydrogen-bond donors (Lipinski definition) is 0. The normalized spacial score (nSPS) is 10.0. The summed E-state index contributed by atoms with van der Waals surface area (Å²) in [5.74, 6) is 0.0824. The van der Waals surface area contributed by atoms with E-state index in [2.05, 4.69) is 11.9 Å². The van der Waals surface area contributed by atoms with Crippen molar-refractivity contribution in [1.29, 1.82) is 0 Å². The van der Waals surface area contributed by atoms with Crippen LogP contribution in [0.2, 0.25) is 5.15 Å². The van der Waals surface area contributed by atoms with Crippen molar-refractivity contribution in [2.45, 2.75) is 32.6 Å². The molecule has 0 bridgehead atoms. The van der Waals surface area contributed by atoms with Crippen molar-refractivity contribution >= 4 is 17.6 Å². The summed E-state index contributed by atoms with van der Waals surface area (Å²) in [4.78, 5) is 15.1. The third kappa shape index (κ3) is 4.30. The number of hydrogen-bond acceptors (Lipinski definition) is 3. The molecule has 3 nitrogen and oxygen atoms in total. The fourth-order valence-electron chi connectivity index (χ4n) is 1.14. The zero-order valence-electron chi connectivity index (χ0n) is 8.70. The van der Waals surface area contributed by atoms with Crippen LogP contribution >= 0.6 is 11.6 Å². The molecule has 15 heavy (non-hydrogen) atoms. The highest BCUT2D eigenvalue weighted by Crippen LogP contribution is 2.20. The van der Waals surface area contributed by atoms with Gasteiger partial charge >= 0.3 is 5.97 Å². The van der Waals surface area contributed by atoms with E-state index in [0.29, 0.717) is 12.2 Å². The molecule has 0 saturated heterocycles. The lowest BCUT2D eigenvalue weighted by Gasteiger charge is -2.04. The SMILES string of the molecule is CCCCCC(=O)Oc1cccnc1Cl. The maximum Gasteiger partial charge on any atom is 0.311 e. The number of nitrogens with zero attached hydrogens (tertiary/aromatic N) is 1. The first-order chi connectivity index (χ1) is 7.24. The second kappa shape index (κ2) is 6.40. The van der Waals surface area contributed by atoms with Crippen LogP contribution in [-0.2, 0) is 4.79 Å². The van der Waals surface area contributed by atoms with Crippen LogP contribution in [0.15, 0.2) is 18.3 Å². The molecule has 0 aliphatic heterocycles. The van der Waals surface area contributed by atoms with Crippen molar-refractivity contribution in [1.82, 2.24) is 4.98 Å². The van der Waals surface area contributed by atoms with E-state index in [1.807, 2.05) is 0 Å². The molecule has 0 saturated carbocycles. The van der Waals surface area contributed by atoms with Crippen molar-refractivity contribution in [3.05, 3.63) is 23.5 Å². The van der Waals surface area contributed by atoms with Gasteiger partial charge in [0.2, 0.25) is 0 Å². The summed E-state index contributed by atoms with van der Waals surface area (Å²) >= 11 is 5.74. The average molecular weight is 228 g/mol. The monoisotopic (exact) mass is 227 g/mol. The van der Waals surface area contributed by atoms with Crippen LogP contribution in [0.3, 0.4) is 0 Å². The molecule has 0 aromatic carbocycles. The van der Waals surface area contributed by atoms with Gasteiger partial charge in [0, 0.05) is 12.6 Å². The smallest absolute Gasteiger partial charge is 0.311 e. The van der Waals surface area contributed by atoms with Gasteiger partial charge in [0.15, 0.2) is 10.9 Å². The van der Waals surface area contributed by atoms with Gasteiger partial charge in [-0.25, -0.2) is 4.98 Å². The van der Waals surface area contributed by atoms with E-state index >= 15 is 0 Å². The van der Waals surface area contributed by atoms with Gasteiger partial charge in [-0.1, -0.05) is 31.4 Å². The number of pyridine rings is 1. The predicted molar refractivity (Wildman–Crippen MR) is 59.0 cm³/mol. The van der Waals surface area contributed by atoms with Gasteiger partial charge in [0.25, 0.3) is 0 Å². The number of carbonyl (C=O) groups is 1. The van der Waals surface area contributed by atoms with Gasteiger partial charge in [-0.3, -0.25) is 4.79 Å². The molecule has 0 aliphatic carbocycles. The minimum absolute atomic E-state index is 0.223. The first-order valence-corrected chi connectivity index (χ1v) is 5.43. The Hall–Kier alpha value is -1.09. The number of ether oxygens (including phenoxy) is 1. The molecule has 1 rings (SSSR count). The van der Waals surface area contributed by atoms with Crippen LogP contribution < -0.4 is 4.74 Å². The number of halogens is 1. The number of rotatable bonds is 5. The van der Waals surface area contributed by atoms with Crippen LogP contribution in [0.1, 0.15) is 32.6 Å². The molecule has 0 fully saturated rings. The molecule has 1 aromatic heterocycles. The molecular formula is C11H14ClNO2. The largest absolute Gasteiger partial charge is 0.423 e. The summed E-state index contributed by atoms with van der Waals surface area (Å²) in [6.07, 6.45) is 4.96. The first-order valence-electron chi connectivity index (χ1n) is 5.05. The van der Waals surface area contributed by atoms with Crippen LogP contribution in [0.4, 0.5) is 0 Å². The van der Waals surface area contributed by atoms with Gasteiger partial charge in [0.1, 0.15) is 0 Å². The summed E-state index contributed by atoms with van der Waals surface area (Å²) in [7, 11) is 0. The van der Waals surface area contributed by atoms with Gasteiger partial charge in [-0.05, 0) is 18.6 Å². The lowest BCUT2D eigenvalue weighted by molar-refractivity contribution is -0.134. The van der Waals surface area contributed by atoms with E-state index in [-0.39, 0.29) is 11.1 Å². The molecule has 1 aromatic rings. The number of esters is 1. The molecule has 4 heteroatoms. The summed E-state index contributed by atoms with van der Waals surface area (Å²) in [5, 5.41) is 0.223. The van der Waals surface area contributed by atoms with E-state index in [4.69, 9.17) is 16.3 Å². The molecule has 0 unspecified atom stereocenters. The highest BCUT2D eigenvalue weighted by atomic mass is 35.5. The van der Waals surface area contributed by atoms with Crippen LogP contribution in [0, 0.1) is 0 Å². The standard InChI is InChI=1S/C11H14ClNO2/c1-2-3-4-7-10(14)15-9-6-5-8-13-11(9)12/h5-6,8H,2-4,7H2,1H3. The zero-order valence-corrected chi connectivity index (χ0v) is 9.46. The second-order valence-electron chi connectivity index (χ2n) is 3.22.